The second kappa shape index (κ2) is 6.81. The molecule has 0 radical (unpaired) electrons. The van der Waals surface area contributed by atoms with Gasteiger partial charge in [-0.2, -0.15) is 0 Å². The van der Waals surface area contributed by atoms with Crippen LogP contribution in [0.4, 0.5) is 0 Å². The fourth-order valence-corrected chi connectivity index (χ4v) is 4.43. The summed E-state index contributed by atoms with van der Waals surface area (Å²) >= 11 is 1.26. The Morgan fingerprint density at radius 3 is 3.05 bits per heavy atom. The summed E-state index contributed by atoms with van der Waals surface area (Å²) in [6, 6.07) is 1.72. The van der Waals surface area contributed by atoms with E-state index in [1.54, 1.807) is 6.07 Å². The molecule has 1 saturated heterocycles. The van der Waals surface area contributed by atoms with Crippen LogP contribution in [0.1, 0.15) is 18.4 Å². The van der Waals surface area contributed by atoms with Gasteiger partial charge in [0.15, 0.2) is 0 Å². The second-order valence-electron chi connectivity index (χ2n) is 4.74. The molecule has 0 saturated carbocycles. The van der Waals surface area contributed by atoms with Crippen molar-refractivity contribution in [2.75, 3.05) is 26.8 Å². The number of nitrogens with one attached hydrogen (secondary N) is 2. The number of ether oxygens (including phenoxy) is 1. The molecule has 1 aliphatic heterocycles. The molecule has 5 nitrogen and oxygen atoms in total. The molecule has 0 aliphatic carbocycles. The zero-order chi connectivity index (χ0) is 13.7. The third kappa shape index (κ3) is 4.25. The summed E-state index contributed by atoms with van der Waals surface area (Å²) in [5, 5.41) is 4.88. The lowest BCUT2D eigenvalue weighted by molar-refractivity contribution is 0.0568. The van der Waals surface area contributed by atoms with E-state index in [1.165, 1.54) is 11.3 Å². The highest BCUT2D eigenvalue weighted by Gasteiger charge is 2.20. The van der Waals surface area contributed by atoms with Crippen LogP contribution in [0.3, 0.4) is 0 Å². The normalized spacial score (nSPS) is 20.6. The quantitative estimate of drug-likeness (QED) is 0.828. The highest BCUT2D eigenvalue weighted by molar-refractivity contribution is 7.91. The molecule has 1 atom stereocenters. The van der Waals surface area contributed by atoms with E-state index in [9.17, 15) is 8.42 Å². The molecule has 1 unspecified atom stereocenters. The fourth-order valence-electron chi connectivity index (χ4n) is 2.06. The lowest BCUT2D eigenvalue weighted by atomic mass is 10.0. The number of hydrogen-bond donors (Lipinski definition) is 2. The highest BCUT2D eigenvalue weighted by atomic mass is 32.2. The van der Waals surface area contributed by atoms with Gasteiger partial charge in [0.25, 0.3) is 0 Å². The average molecular weight is 304 g/mol. The summed E-state index contributed by atoms with van der Waals surface area (Å²) < 4.78 is 32.7. The van der Waals surface area contributed by atoms with Crippen LogP contribution in [0.2, 0.25) is 0 Å². The average Bonchev–Trinajstić information content (AvgIpc) is 2.88. The van der Waals surface area contributed by atoms with E-state index in [2.05, 4.69) is 10.0 Å². The van der Waals surface area contributed by atoms with Crippen LogP contribution >= 0.6 is 11.3 Å². The van der Waals surface area contributed by atoms with Crippen LogP contribution in [-0.2, 0) is 21.3 Å². The number of rotatable bonds is 6. The fraction of sp³-hybridized carbons (Fsp3) is 0.667. The molecule has 1 aromatic heterocycles. The van der Waals surface area contributed by atoms with Gasteiger partial charge in [0, 0.05) is 19.7 Å². The third-order valence-corrected chi connectivity index (χ3v) is 6.00. The molecule has 1 fully saturated rings. The standard InChI is InChI=1S/C12H20N2O3S2/c1-13-6-11-5-12(18-9-11)19(15,16)14-7-10-3-2-4-17-8-10/h5,9-10,13-14H,2-4,6-8H2,1H3. The molecule has 1 aromatic rings. The van der Waals surface area contributed by atoms with Gasteiger partial charge in [-0.25, -0.2) is 13.1 Å². The van der Waals surface area contributed by atoms with E-state index in [0.717, 1.165) is 25.0 Å². The molecule has 0 amide bonds. The van der Waals surface area contributed by atoms with Crippen molar-refractivity contribution in [2.24, 2.45) is 5.92 Å². The molecule has 0 spiro atoms. The van der Waals surface area contributed by atoms with Gasteiger partial charge in [0.1, 0.15) is 4.21 Å². The summed E-state index contributed by atoms with van der Waals surface area (Å²) in [5.74, 6) is 0.292. The Bertz CT molecular complexity index is 493. The molecular weight excluding hydrogens is 284 g/mol. The first kappa shape index (κ1) is 14.9. The number of thiophene rings is 1. The van der Waals surface area contributed by atoms with Gasteiger partial charge >= 0.3 is 0 Å². The molecule has 108 valence electrons. The minimum Gasteiger partial charge on any atom is -0.381 e. The summed E-state index contributed by atoms with van der Waals surface area (Å²) in [6.07, 6.45) is 2.04. The minimum atomic E-state index is -3.37. The van der Waals surface area contributed by atoms with Crippen LogP contribution in [0.25, 0.3) is 0 Å². The zero-order valence-electron chi connectivity index (χ0n) is 11.0. The third-order valence-electron chi connectivity index (χ3n) is 3.09. The topological polar surface area (TPSA) is 67.4 Å². The van der Waals surface area contributed by atoms with Crippen LogP contribution in [0.5, 0.6) is 0 Å². The Morgan fingerprint density at radius 1 is 1.53 bits per heavy atom. The van der Waals surface area contributed by atoms with E-state index in [-0.39, 0.29) is 0 Å². The molecule has 1 aliphatic rings. The van der Waals surface area contributed by atoms with Crippen molar-refractivity contribution in [1.29, 1.82) is 0 Å². The Hall–Kier alpha value is -0.470. The number of sulfonamides is 1. The molecular formula is C12H20N2O3S2. The smallest absolute Gasteiger partial charge is 0.250 e. The maximum absolute atomic E-state index is 12.1. The van der Waals surface area contributed by atoms with E-state index >= 15 is 0 Å². The van der Waals surface area contributed by atoms with Crippen molar-refractivity contribution in [3.05, 3.63) is 17.0 Å². The van der Waals surface area contributed by atoms with E-state index in [0.29, 0.717) is 29.8 Å². The van der Waals surface area contributed by atoms with Gasteiger partial charge in [-0.15, -0.1) is 11.3 Å². The van der Waals surface area contributed by atoms with Crippen molar-refractivity contribution >= 4 is 21.4 Å². The van der Waals surface area contributed by atoms with Gasteiger partial charge in [0.05, 0.1) is 6.61 Å². The van der Waals surface area contributed by atoms with Crippen molar-refractivity contribution in [1.82, 2.24) is 10.0 Å². The van der Waals surface area contributed by atoms with E-state index < -0.39 is 10.0 Å². The predicted molar refractivity (Wildman–Crippen MR) is 75.8 cm³/mol. The zero-order valence-corrected chi connectivity index (χ0v) is 12.6. The van der Waals surface area contributed by atoms with E-state index in [4.69, 9.17) is 4.74 Å². The van der Waals surface area contributed by atoms with Crippen molar-refractivity contribution < 1.29 is 13.2 Å². The molecule has 7 heteroatoms. The van der Waals surface area contributed by atoms with Crippen LogP contribution in [0.15, 0.2) is 15.7 Å². The largest absolute Gasteiger partial charge is 0.381 e. The van der Waals surface area contributed by atoms with Crippen molar-refractivity contribution in [2.45, 2.75) is 23.6 Å². The molecule has 2 rings (SSSR count). The van der Waals surface area contributed by atoms with Gasteiger partial charge in [-0.1, -0.05) is 0 Å². The summed E-state index contributed by atoms with van der Waals surface area (Å²) in [7, 11) is -1.53. The van der Waals surface area contributed by atoms with Crippen LogP contribution in [0, 0.1) is 5.92 Å². The molecule has 2 N–H and O–H groups in total. The molecule has 19 heavy (non-hydrogen) atoms. The Labute approximate surface area is 118 Å². The lowest BCUT2D eigenvalue weighted by Gasteiger charge is -2.21. The molecule has 0 bridgehead atoms. The second-order valence-corrected chi connectivity index (χ2v) is 7.64. The Balaban J connectivity index is 1.92. The summed E-state index contributed by atoms with van der Waals surface area (Å²) in [6.45, 7) is 2.59. The summed E-state index contributed by atoms with van der Waals surface area (Å²) in [4.78, 5) is 0. The van der Waals surface area contributed by atoms with Gasteiger partial charge in [-0.05, 0) is 42.8 Å². The first-order valence-electron chi connectivity index (χ1n) is 6.41. The van der Waals surface area contributed by atoms with Crippen LogP contribution < -0.4 is 10.0 Å². The van der Waals surface area contributed by atoms with Crippen molar-refractivity contribution in [3.8, 4) is 0 Å². The monoisotopic (exact) mass is 304 g/mol. The maximum Gasteiger partial charge on any atom is 0.250 e. The van der Waals surface area contributed by atoms with Gasteiger partial charge < -0.3 is 10.1 Å². The first-order chi connectivity index (χ1) is 9.12. The number of hydrogen-bond acceptors (Lipinski definition) is 5. The maximum atomic E-state index is 12.1. The lowest BCUT2D eigenvalue weighted by Crippen LogP contribution is -2.32. The highest BCUT2D eigenvalue weighted by Crippen LogP contribution is 2.21. The molecule has 2 heterocycles. The SMILES string of the molecule is CNCc1csc(S(=O)(=O)NCC2CCCOC2)c1. The van der Waals surface area contributed by atoms with Gasteiger partial charge in [-0.3, -0.25) is 0 Å². The predicted octanol–water partition coefficient (Wildman–Crippen LogP) is 1.17. The van der Waals surface area contributed by atoms with Crippen molar-refractivity contribution in [3.63, 3.8) is 0 Å². The Kier molecular flexibility index (Phi) is 5.35. The van der Waals surface area contributed by atoms with Crippen LogP contribution in [-0.4, -0.2) is 35.2 Å². The minimum absolute atomic E-state index is 0.292. The first-order valence-corrected chi connectivity index (χ1v) is 8.77. The molecule has 0 aromatic carbocycles. The summed E-state index contributed by atoms with van der Waals surface area (Å²) in [5.41, 5.74) is 0.994. The van der Waals surface area contributed by atoms with E-state index in [1.807, 2.05) is 12.4 Å². The Morgan fingerprint density at radius 2 is 2.37 bits per heavy atom. The van der Waals surface area contributed by atoms with Gasteiger partial charge in [0.2, 0.25) is 10.0 Å².